The van der Waals surface area contributed by atoms with Crippen LogP contribution in [0.2, 0.25) is 0 Å². The van der Waals surface area contributed by atoms with E-state index in [1.807, 2.05) is 0 Å². The summed E-state index contributed by atoms with van der Waals surface area (Å²) in [6.07, 6.45) is 64.6. The lowest BCUT2D eigenvalue weighted by atomic mass is 10.0. The smallest absolute Gasteiger partial charge is 0.306 e. The molecule has 58 heavy (non-hydrogen) atoms. The first-order valence-electron chi connectivity index (χ1n) is 24.8. The summed E-state index contributed by atoms with van der Waals surface area (Å²) in [5.41, 5.74) is 0. The predicted octanol–water partition coefficient (Wildman–Crippen LogP) is 16.3. The Labute approximate surface area is 360 Å². The third-order valence-corrected chi connectivity index (χ3v) is 10.8. The van der Waals surface area contributed by atoms with Crippen LogP contribution in [0.5, 0.6) is 0 Å². The van der Waals surface area contributed by atoms with Crippen LogP contribution in [-0.2, 0) is 19.1 Å². The molecule has 0 rings (SSSR count). The Morgan fingerprint density at radius 2 is 0.741 bits per heavy atom. The van der Waals surface area contributed by atoms with E-state index in [9.17, 15) is 14.7 Å². The Morgan fingerprint density at radius 1 is 0.414 bits per heavy atom. The van der Waals surface area contributed by atoms with Gasteiger partial charge in [-0.1, -0.05) is 216 Å². The molecule has 0 aliphatic carbocycles. The molecule has 1 unspecified atom stereocenters. The maximum Gasteiger partial charge on any atom is 0.306 e. The minimum absolute atomic E-state index is 0.0761. The van der Waals surface area contributed by atoms with Crippen LogP contribution < -0.4 is 0 Å². The minimum atomic E-state index is -0.786. The summed E-state index contributed by atoms with van der Waals surface area (Å²) in [5, 5.41) is 9.60. The largest absolute Gasteiger partial charge is 0.462 e. The van der Waals surface area contributed by atoms with Crippen molar-refractivity contribution in [3.05, 3.63) is 60.8 Å². The lowest BCUT2D eigenvalue weighted by Crippen LogP contribution is -2.28. The van der Waals surface area contributed by atoms with E-state index in [0.29, 0.717) is 12.8 Å². The molecule has 0 aromatic heterocycles. The molecule has 0 aromatic carbocycles. The zero-order valence-corrected chi connectivity index (χ0v) is 38.3. The first-order chi connectivity index (χ1) is 28.6. The van der Waals surface area contributed by atoms with Gasteiger partial charge in [-0.25, -0.2) is 0 Å². The molecule has 0 radical (unpaired) electrons. The molecule has 0 aromatic rings. The van der Waals surface area contributed by atoms with E-state index in [2.05, 4.69) is 74.6 Å². The number of hydrogen-bond acceptors (Lipinski definition) is 5. The lowest BCUT2D eigenvalue weighted by Gasteiger charge is -2.15. The summed E-state index contributed by atoms with van der Waals surface area (Å²) in [6.45, 7) is 4.02. The van der Waals surface area contributed by atoms with E-state index >= 15 is 0 Å². The molecule has 0 heterocycles. The molecule has 0 aliphatic rings. The van der Waals surface area contributed by atoms with E-state index < -0.39 is 6.10 Å². The number of carbonyl (C=O) groups excluding carboxylic acids is 2. The fraction of sp³-hybridized carbons (Fsp3) is 0.774. The van der Waals surface area contributed by atoms with Crippen molar-refractivity contribution in [3.8, 4) is 0 Å². The van der Waals surface area contributed by atoms with Crippen LogP contribution >= 0.6 is 0 Å². The van der Waals surface area contributed by atoms with Crippen LogP contribution in [0.1, 0.15) is 245 Å². The van der Waals surface area contributed by atoms with Crippen molar-refractivity contribution in [1.29, 1.82) is 0 Å². The molecule has 0 bridgehead atoms. The predicted molar refractivity (Wildman–Crippen MR) is 251 cm³/mol. The van der Waals surface area contributed by atoms with Gasteiger partial charge in [0.15, 0.2) is 6.10 Å². The third-order valence-electron chi connectivity index (χ3n) is 10.8. The van der Waals surface area contributed by atoms with Crippen molar-refractivity contribution in [3.63, 3.8) is 0 Å². The van der Waals surface area contributed by atoms with Gasteiger partial charge in [0.1, 0.15) is 6.61 Å². The second-order valence-corrected chi connectivity index (χ2v) is 16.5. The molecule has 0 saturated carbocycles. The monoisotopic (exact) mass is 811 g/mol. The molecule has 0 fully saturated rings. The van der Waals surface area contributed by atoms with E-state index in [4.69, 9.17) is 9.47 Å². The number of carbonyl (C=O) groups is 2. The Hall–Kier alpha value is -2.40. The van der Waals surface area contributed by atoms with Gasteiger partial charge in [0.05, 0.1) is 6.61 Å². The summed E-state index contributed by atoms with van der Waals surface area (Å²) in [6, 6.07) is 0. The molecule has 0 spiro atoms. The van der Waals surface area contributed by atoms with Crippen LogP contribution in [0.15, 0.2) is 60.8 Å². The maximum atomic E-state index is 12.2. The number of aliphatic hydroxyl groups is 1. The highest BCUT2D eigenvalue weighted by Gasteiger charge is 2.16. The van der Waals surface area contributed by atoms with Crippen LogP contribution in [-0.4, -0.2) is 36.4 Å². The molecule has 0 amide bonds. The molecule has 0 saturated heterocycles. The van der Waals surface area contributed by atoms with Gasteiger partial charge in [-0.3, -0.25) is 9.59 Å². The highest BCUT2D eigenvalue weighted by molar-refractivity contribution is 5.70. The van der Waals surface area contributed by atoms with Gasteiger partial charge < -0.3 is 14.6 Å². The second-order valence-electron chi connectivity index (χ2n) is 16.5. The van der Waals surface area contributed by atoms with Crippen molar-refractivity contribution in [2.24, 2.45) is 0 Å². The Bertz CT molecular complexity index is 1010. The average molecular weight is 811 g/mol. The number of unbranched alkanes of at least 4 members (excludes halogenated alkanes) is 27. The number of esters is 2. The first kappa shape index (κ1) is 55.6. The van der Waals surface area contributed by atoms with Crippen molar-refractivity contribution in [1.82, 2.24) is 0 Å². The second kappa shape index (κ2) is 49.0. The van der Waals surface area contributed by atoms with Gasteiger partial charge in [0.2, 0.25) is 0 Å². The minimum Gasteiger partial charge on any atom is -0.462 e. The molecule has 1 N–H and O–H groups in total. The lowest BCUT2D eigenvalue weighted by molar-refractivity contribution is -0.161. The summed E-state index contributed by atoms with van der Waals surface area (Å²) in [5.74, 6) is -0.614. The highest BCUT2D eigenvalue weighted by atomic mass is 16.6. The van der Waals surface area contributed by atoms with Gasteiger partial charge in [-0.2, -0.15) is 0 Å². The van der Waals surface area contributed by atoms with Crippen molar-refractivity contribution >= 4 is 11.9 Å². The van der Waals surface area contributed by atoms with Gasteiger partial charge >= 0.3 is 11.9 Å². The molecule has 5 heteroatoms. The molecular weight excluding hydrogens is 717 g/mol. The molecular formula is C53H94O5. The quantitative estimate of drug-likeness (QED) is 0.0377. The number of allylic oxidation sites excluding steroid dienone is 10. The number of aliphatic hydroxyl groups excluding tert-OH is 1. The normalized spacial score (nSPS) is 12.7. The summed E-state index contributed by atoms with van der Waals surface area (Å²) < 4.78 is 10.6. The Balaban J connectivity index is 3.50. The zero-order valence-electron chi connectivity index (χ0n) is 38.3. The number of rotatable bonds is 45. The Morgan fingerprint density at radius 3 is 1.14 bits per heavy atom. The highest BCUT2D eigenvalue weighted by Crippen LogP contribution is 2.15. The van der Waals surface area contributed by atoms with Gasteiger partial charge in [-0.15, -0.1) is 0 Å². The first-order valence-corrected chi connectivity index (χ1v) is 24.8. The fourth-order valence-corrected chi connectivity index (χ4v) is 7.07. The van der Waals surface area contributed by atoms with Crippen LogP contribution in [0.25, 0.3) is 0 Å². The number of ether oxygens (including phenoxy) is 2. The topological polar surface area (TPSA) is 72.8 Å². The number of hydrogen-bond donors (Lipinski definition) is 1. The Kier molecular flexibility index (Phi) is 46.9. The summed E-state index contributed by atoms with van der Waals surface area (Å²) >= 11 is 0. The van der Waals surface area contributed by atoms with Gasteiger partial charge in [-0.05, 0) is 77.0 Å². The van der Waals surface area contributed by atoms with E-state index in [-0.39, 0.29) is 25.2 Å². The summed E-state index contributed by atoms with van der Waals surface area (Å²) in [7, 11) is 0. The molecule has 0 aliphatic heterocycles. The average Bonchev–Trinajstić information content (AvgIpc) is 3.23. The zero-order chi connectivity index (χ0) is 42.1. The fourth-order valence-electron chi connectivity index (χ4n) is 7.07. The van der Waals surface area contributed by atoms with E-state index in [1.54, 1.807) is 0 Å². The van der Waals surface area contributed by atoms with Gasteiger partial charge in [0.25, 0.3) is 0 Å². The summed E-state index contributed by atoms with van der Waals surface area (Å²) in [4.78, 5) is 24.4. The van der Waals surface area contributed by atoms with Gasteiger partial charge in [0, 0.05) is 12.8 Å². The van der Waals surface area contributed by atoms with Crippen molar-refractivity contribution < 1.29 is 24.2 Å². The van der Waals surface area contributed by atoms with Crippen LogP contribution in [0.3, 0.4) is 0 Å². The van der Waals surface area contributed by atoms with Crippen LogP contribution in [0.4, 0.5) is 0 Å². The third kappa shape index (κ3) is 46.3. The van der Waals surface area contributed by atoms with Crippen molar-refractivity contribution in [2.75, 3.05) is 13.2 Å². The standard InChI is InChI=1S/C53H94O5/c1-3-5-7-9-11-13-15-17-19-21-22-23-24-25-26-27-28-29-30-32-33-35-37-39-41-43-45-47-52(55)57-50-51(49-54)58-53(56)48-46-44-42-40-38-36-34-31-20-18-16-14-12-10-8-6-4-2/h6,8,12,14,18,20-22,34,36,51,54H,3-5,7,9-11,13,15-17,19,23-33,35,37-50H2,1-2H3/b8-6-,14-12-,20-18-,22-21-,36-34-. The SMILES string of the molecule is CC/C=C\C/C=C\C/C=C\C/C=C\CCCCCCC(=O)OC(CO)COC(=O)CCCCCCCCCCCCCCCCC/C=C\CCCCCCCCCC. The molecule has 5 nitrogen and oxygen atoms in total. The van der Waals surface area contributed by atoms with Crippen LogP contribution in [0, 0.1) is 0 Å². The molecule has 336 valence electrons. The van der Waals surface area contributed by atoms with Crippen molar-refractivity contribution in [2.45, 2.75) is 251 Å². The van der Waals surface area contributed by atoms with E-state index in [0.717, 1.165) is 77.0 Å². The molecule has 1 atom stereocenters. The maximum absolute atomic E-state index is 12.2. The van der Waals surface area contributed by atoms with E-state index in [1.165, 1.54) is 141 Å².